The largest absolute Gasteiger partial charge is 0.396 e. The van der Waals surface area contributed by atoms with E-state index in [-0.39, 0.29) is 6.61 Å². The first-order chi connectivity index (χ1) is 6.90. The molecule has 0 saturated carbocycles. The number of aromatic nitrogens is 3. The molecule has 2 aromatic rings. The predicted octanol–water partition coefficient (Wildman–Crippen LogP) is 1.11. The van der Waals surface area contributed by atoms with E-state index >= 15 is 0 Å². The summed E-state index contributed by atoms with van der Waals surface area (Å²) in [5.74, 6) is 0.597. The van der Waals surface area contributed by atoms with Gasteiger partial charge in [0.15, 0.2) is 0 Å². The zero-order valence-electron chi connectivity index (χ0n) is 7.42. The Labute approximate surface area is 85.4 Å². The molecule has 0 amide bonds. The second-order valence-corrected chi connectivity index (χ2v) is 3.72. The summed E-state index contributed by atoms with van der Waals surface area (Å²) in [6.45, 7) is 0.126. The molecule has 0 unspecified atom stereocenters. The smallest absolute Gasteiger partial charge is 0.209 e. The number of thioether (sulfide) groups is 1. The van der Waals surface area contributed by atoms with E-state index in [0.717, 1.165) is 11.0 Å². The lowest BCUT2D eigenvalue weighted by atomic mass is 10.3. The van der Waals surface area contributed by atoms with Crippen molar-refractivity contribution in [2.75, 3.05) is 12.4 Å². The molecular weight excluding hydrogens is 198 g/mol. The van der Waals surface area contributed by atoms with Crippen LogP contribution in [0.25, 0.3) is 11.0 Å². The Morgan fingerprint density at radius 2 is 1.93 bits per heavy atom. The lowest BCUT2D eigenvalue weighted by Gasteiger charge is -1.98. The third-order valence-corrected chi connectivity index (χ3v) is 2.48. The van der Waals surface area contributed by atoms with Gasteiger partial charge in [-0.05, 0) is 12.1 Å². The van der Waals surface area contributed by atoms with Crippen molar-refractivity contribution >= 4 is 22.8 Å². The fourth-order valence-corrected chi connectivity index (χ4v) is 1.60. The lowest BCUT2D eigenvalue weighted by molar-refractivity contribution is 0.322. The summed E-state index contributed by atoms with van der Waals surface area (Å²) in [6.07, 6.45) is 0. The van der Waals surface area contributed by atoms with Gasteiger partial charge in [-0.1, -0.05) is 23.9 Å². The molecule has 0 aliphatic heterocycles. The quantitative estimate of drug-likeness (QED) is 0.764. The summed E-state index contributed by atoms with van der Waals surface area (Å²) >= 11 is 1.40. The van der Waals surface area contributed by atoms with Crippen LogP contribution >= 0.6 is 11.8 Å². The Kier molecular flexibility index (Phi) is 2.90. The third-order valence-electron chi connectivity index (χ3n) is 1.66. The number of rotatable bonds is 3. The van der Waals surface area contributed by atoms with E-state index in [1.165, 1.54) is 11.8 Å². The molecule has 2 rings (SSSR count). The van der Waals surface area contributed by atoms with Crippen LogP contribution in [0, 0.1) is 0 Å². The van der Waals surface area contributed by atoms with Gasteiger partial charge in [-0.25, -0.2) is 4.98 Å². The van der Waals surface area contributed by atoms with Gasteiger partial charge in [0.05, 0.1) is 12.1 Å². The second kappa shape index (κ2) is 4.34. The van der Waals surface area contributed by atoms with Crippen molar-refractivity contribution in [1.29, 1.82) is 0 Å². The molecule has 0 bridgehead atoms. The average Bonchev–Trinajstić information content (AvgIpc) is 2.26. The monoisotopic (exact) mass is 207 g/mol. The van der Waals surface area contributed by atoms with Gasteiger partial charge in [0.25, 0.3) is 0 Å². The van der Waals surface area contributed by atoms with Gasteiger partial charge in [-0.15, -0.1) is 10.2 Å². The van der Waals surface area contributed by atoms with E-state index < -0.39 is 0 Å². The molecule has 0 saturated heterocycles. The van der Waals surface area contributed by atoms with E-state index in [0.29, 0.717) is 10.9 Å². The Hall–Kier alpha value is -1.20. The number of para-hydroxylation sites is 1. The molecular formula is C9H9N3OS. The zero-order chi connectivity index (χ0) is 9.80. The summed E-state index contributed by atoms with van der Waals surface area (Å²) in [4.78, 5) is 4.29. The highest BCUT2D eigenvalue weighted by Crippen LogP contribution is 2.14. The zero-order valence-corrected chi connectivity index (χ0v) is 8.24. The number of aliphatic hydroxyl groups excluding tert-OH is 1. The van der Waals surface area contributed by atoms with Crippen LogP contribution in [0.5, 0.6) is 0 Å². The highest BCUT2D eigenvalue weighted by Gasteiger charge is 2.00. The topological polar surface area (TPSA) is 58.9 Å². The lowest BCUT2D eigenvalue weighted by Crippen LogP contribution is -1.94. The van der Waals surface area contributed by atoms with Crippen molar-refractivity contribution in [2.45, 2.75) is 5.16 Å². The molecule has 1 aromatic carbocycles. The maximum Gasteiger partial charge on any atom is 0.209 e. The minimum atomic E-state index is 0.126. The van der Waals surface area contributed by atoms with Crippen LogP contribution in [0.2, 0.25) is 0 Å². The van der Waals surface area contributed by atoms with Crippen LogP contribution in [-0.4, -0.2) is 32.6 Å². The molecule has 0 aliphatic carbocycles. The molecule has 1 aromatic heterocycles. The van der Waals surface area contributed by atoms with Crippen molar-refractivity contribution in [3.63, 3.8) is 0 Å². The van der Waals surface area contributed by atoms with Crippen LogP contribution in [0.3, 0.4) is 0 Å². The second-order valence-electron chi connectivity index (χ2n) is 2.66. The average molecular weight is 207 g/mol. The summed E-state index contributed by atoms with van der Waals surface area (Å²) in [6, 6.07) is 7.58. The molecule has 0 spiro atoms. The van der Waals surface area contributed by atoms with Gasteiger partial charge in [-0.2, -0.15) is 0 Å². The Bertz CT molecular complexity index is 435. The molecule has 1 N–H and O–H groups in total. The predicted molar refractivity (Wildman–Crippen MR) is 55.1 cm³/mol. The van der Waals surface area contributed by atoms with Crippen LogP contribution in [0.1, 0.15) is 0 Å². The highest BCUT2D eigenvalue weighted by molar-refractivity contribution is 7.99. The normalized spacial score (nSPS) is 10.6. The van der Waals surface area contributed by atoms with Crippen molar-refractivity contribution < 1.29 is 5.11 Å². The summed E-state index contributed by atoms with van der Waals surface area (Å²) < 4.78 is 0. The number of fused-ring (bicyclic) bond motifs is 1. The van der Waals surface area contributed by atoms with Gasteiger partial charge in [0, 0.05) is 5.75 Å². The summed E-state index contributed by atoms with van der Waals surface area (Å²) in [5, 5.41) is 17.2. The standard InChI is InChI=1S/C9H9N3OS/c13-5-6-14-9-10-7-3-1-2-4-8(7)11-12-9/h1-4,13H,5-6H2. The van der Waals surface area contributed by atoms with E-state index in [4.69, 9.17) is 5.11 Å². The first-order valence-electron chi connectivity index (χ1n) is 4.23. The molecule has 1 heterocycles. The van der Waals surface area contributed by atoms with Crippen LogP contribution in [0.4, 0.5) is 0 Å². The first-order valence-corrected chi connectivity index (χ1v) is 5.22. The molecule has 4 nitrogen and oxygen atoms in total. The van der Waals surface area contributed by atoms with Crippen molar-refractivity contribution in [1.82, 2.24) is 15.2 Å². The molecule has 14 heavy (non-hydrogen) atoms. The van der Waals surface area contributed by atoms with E-state index in [9.17, 15) is 0 Å². The fourth-order valence-electron chi connectivity index (χ4n) is 1.06. The molecule has 0 aliphatic rings. The Morgan fingerprint density at radius 1 is 1.14 bits per heavy atom. The van der Waals surface area contributed by atoms with Gasteiger partial charge < -0.3 is 5.11 Å². The summed E-state index contributed by atoms with van der Waals surface area (Å²) in [7, 11) is 0. The first kappa shape index (κ1) is 9.36. The SMILES string of the molecule is OCCSc1nnc2ccccc2n1. The van der Waals surface area contributed by atoms with Crippen LogP contribution in [-0.2, 0) is 0 Å². The number of aliphatic hydroxyl groups is 1. The van der Waals surface area contributed by atoms with Crippen LogP contribution < -0.4 is 0 Å². The molecule has 0 radical (unpaired) electrons. The highest BCUT2D eigenvalue weighted by atomic mass is 32.2. The number of hydrogen-bond donors (Lipinski definition) is 1. The van der Waals surface area contributed by atoms with Gasteiger partial charge in [0.2, 0.25) is 5.16 Å². The Balaban J connectivity index is 2.32. The van der Waals surface area contributed by atoms with E-state index in [2.05, 4.69) is 15.2 Å². The summed E-state index contributed by atoms with van der Waals surface area (Å²) in [5.41, 5.74) is 1.63. The third kappa shape index (κ3) is 2.00. The van der Waals surface area contributed by atoms with Crippen LogP contribution in [0.15, 0.2) is 29.4 Å². The van der Waals surface area contributed by atoms with Gasteiger partial charge in [0.1, 0.15) is 5.52 Å². The van der Waals surface area contributed by atoms with Gasteiger partial charge in [-0.3, -0.25) is 0 Å². The molecule has 72 valence electrons. The van der Waals surface area contributed by atoms with Crippen molar-refractivity contribution in [3.8, 4) is 0 Å². The molecule has 5 heteroatoms. The van der Waals surface area contributed by atoms with Crippen molar-refractivity contribution in [2.24, 2.45) is 0 Å². The molecule has 0 atom stereocenters. The Morgan fingerprint density at radius 3 is 2.71 bits per heavy atom. The van der Waals surface area contributed by atoms with Gasteiger partial charge >= 0.3 is 0 Å². The molecule has 0 fully saturated rings. The van der Waals surface area contributed by atoms with Crippen molar-refractivity contribution in [3.05, 3.63) is 24.3 Å². The van der Waals surface area contributed by atoms with E-state index in [1.807, 2.05) is 24.3 Å². The maximum atomic E-state index is 8.64. The minimum absolute atomic E-state index is 0.126. The number of hydrogen-bond acceptors (Lipinski definition) is 5. The maximum absolute atomic E-state index is 8.64. The minimum Gasteiger partial charge on any atom is -0.396 e. The number of benzene rings is 1. The van der Waals surface area contributed by atoms with E-state index in [1.54, 1.807) is 0 Å². The fraction of sp³-hybridized carbons (Fsp3) is 0.222. The number of nitrogens with zero attached hydrogens (tertiary/aromatic N) is 3.